The van der Waals surface area contributed by atoms with Gasteiger partial charge < -0.3 is 10.4 Å². The number of nitrogens with one attached hydrogen (secondary N) is 1. The molecule has 0 aliphatic carbocycles. The van der Waals surface area contributed by atoms with Gasteiger partial charge in [0.25, 0.3) is 5.69 Å². The van der Waals surface area contributed by atoms with Crippen LogP contribution in [-0.4, -0.2) is 35.1 Å². The van der Waals surface area contributed by atoms with Crippen LogP contribution in [0.2, 0.25) is 0 Å². The Morgan fingerprint density at radius 3 is 2.53 bits per heavy atom. The molecule has 6 nitrogen and oxygen atoms in total. The van der Waals surface area contributed by atoms with Crippen molar-refractivity contribution in [3.8, 4) is 0 Å². The van der Waals surface area contributed by atoms with Gasteiger partial charge in [-0.2, -0.15) is 13.2 Å². The van der Waals surface area contributed by atoms with E-state index >= 15 is 0 Å². The number of benzene rings is 2. The van der Waals surface area contributed by atoms with Gasteiger partial charge in [0.1, 0.15) is 5.69 Å². The summed E-state index contributed by atoms with van der Waals surface area (Å²) in [6.07, 6.45) is -2.61. The maximum Gasteiger partial charge on any atom is 0.416 e. The van der Waals surface area contributed by atoms with Crippen LogP contribution in [-0.2, 0) is 12.8 Å². The van der Waals surface area contributed by atoms with E-state index < -0.39 is 16.7 Å². The maximum absolute atomic E-state index is 12.9. The van der Waals surface area contributed by atoms with Gasteiger partial charge in [0, 0.05) is 18.7 Å². The molecule has 2 atom stereocenters. The smallest absolute Gasteiger partial charge is 0.392 e. The number of anilines is 1. The summed E-state index contributed by atoms with van der Waals surface area (Å²) < 4.78 is 38.7. The fourth-order valence-electron chi connectivity index (χ4n) is 4.09. The number of nitro benzene ring substituents is 1. The highest BCUT2D eigenvalue weighted by Crippen LogP contribution is 2.37. The van der Waals surface area contributed by atoms with Crippen molar-refractivity contribution in [1.82, 2.24) is 4.90 Å². The van der Waals surface area contributed by atoms with Gasteiger partial charge in [-0.3, -0.25) is 15.0 Å². The number of hydrogen-bond donors (Lipinski definition) is 2. The largest absolute Gasteiger partial charge is 0.416 e. The molecular formula is C21H24F3N3O3. The summed E-state index contributed by atoms with van der Waals surface area (Å²) in [5.41, 5.74) is 0.906. The standard InChI is InChI=1S/C21H24F3N3O3/c1-26-10-2-3-16(20(26)15-5-7-17(8-6-15)21(22,23)24)12-25-18-11-14(13-28)4-9-19(18)27(29)30/h4-9,11,16,20,25,28H,2-3,10,12-13H2,1H3. The highest BCUT2D eigenvalue weighted by Gasteiger charge is 2.33. The van der Waals surface area contributed by atoms with Crippen molar-refractivity contribution in [2.75, 3.05) is 25.5 Å². The lowest BCUT2D eigenvalue weighted by molar-refractivity contribution is -0.384. The molecule has 0 aromatic heterocycles. The molecule has 0 amide bonds. The van der Waals surface area contributed by atoms with Crippen LogP contribution >= 0.6 is 0 Å². The number of likely N-dealkylation sites (tertiary alicyclic amines) is 1. The summed E-state index contributed by atoms with van der Waals surface area (Å²) in [6, 6.07) is 9.52. The van der Waals surface area contributed by atoms with Crippen molar-refractivity contribution in [1.29, 1.82) is 0 Å². The molecule has 162 valence electrons. The zero-order valence-corrected chi connectivity index (χ0v) is 16.5. The molecule has 2 unspecified atom stereocenters. The number of hydrogen-bond acceptors (Lipinski definition) is 5. The van der Waals surface area contributed by atoms with E-state index in [9.17, 15) is 28.4 Å². The minimum absolute atomic E-state index is 0.0536. The Labute approximate surface area is 172 Å². The lowest BCUT2D eigenvalue weighted by atomic mass is 9.84. The Bertz CT molecular complexity index is 887. The number of aliphatic hydroxyl groups is 1. The van der Waals surface area contributed by atoms with Gasteiger partial charge in [-0.15, -0.1) is 0 Å². The second-order valence-electron chi connectivity index (χ2n) is 7.60. The van der Waals surface area contributed by atoms with E-state index in [1.165, 1.54) is 24.3 Å². The van der Waals surface area contributed by atoms with Gasteiger partial charge >= 0.3 is 6.18 Å². The van der Waals surface area contributed by atoms with Crippen molar-refractivity contribution in [3.63, 3.8) is 0 Å². The summed E-state index contributed by atoms with van der Waals surface area (Å²) in [5.74, 6) is 0.0536. The lowest BCUT2D eigenvalue weighted by Gasteiger charge is -2.40. The van der Waals surface area contributed by atoms with Gasteiger partial charge in [0.15, 0.2) is 0 Å². The van der Waals surface area contributed by atoms with Crippen molar-refractivity contribution < 1.29 is 23.2 Å². The van der Waals surface area contributed by atoms with Crippen molar-refractivity contribution >= 4 is 11.4 Å². The molecule has 9 heteroatoms. The van der Waals surface area contributed by atoms with Crippen LogP contribution in [0.3, 0.4) is 0 Å². The predicted molar refractivity (Wildman–Crippen MR) is 107 cm³/mol. The van der Waals surface area contributed by atoms with E-state index in [2.05, 4.69) is 10.2 Å². The number of nitrogens with zero attached hydrogens (tertiary/aromatic N) is 2. The molecule has 1 fully saturated rings. The second-order valence-corrected chi connectivity index (χ2v) is 7.60. The van der Waals surface area contributed by atoms with Crippen molar-refractivity contribution in [2.24, 2.45) is 5.92 Å². The SMILES string of the molecule is CN1CCCC(CNc2cc(CO)ccc2[N+](=O)[O-])C1c1ccc(C(F)(F)F)cc1. The molecular weight excluding hydrogens is 399 g/mol. The minimum Gasteiger partial charge on any atom is -0.392 e. The summed E-state index contributed by atoms with van der Waals surface area (Å²) in [6.45, 7) is 1.01. The summed E-state index contributed by atoms with van der Waals surface area (Å²) in [4.78, 5) is 13.0. The highest BCUT2D eigenvalue weighted by molar-refractivity contribution is 5.62. The molecule has 1 heterocycles. The maximum atomic E-state index is 12.9. The fraction of sp³-hybridized carbons (Fsp3) is 0.429. The van der Waals surface area contributed by atoms with Crippen molar-refractivity contribution in [3.05, 3.63) is 69.3 Å². The van der Waals surface area contributed by atoms with Crippen LogP contribution < -0.4 is 5.32 Å². The average molecular weight is 423 g/mol. The zero-order valence-electron chi connectivity index (χ0n) is 16.5. The molecule has 2 aromatic rings. The summed E-state index contributed by atoms with van der Waals surface area (Å²) in [7, 11) is 1.93. The third-order valence-electron chi connectivity index (χ3n) is 5.58. The van der Waals surface area contributed by atoms with Crippen LogP contribution in [0.1, 0.15) is 35.6 Å². The third-order valence-corrected chi connectivity index (χ3v) is 5.58. The van der Waals surface area contributed by atoms with Crippen LogP contribution in [0.25, 0.3) is 0 Å². The molecule has 30 heavy (non-hydrogen) atoms. The van der Waals surface area contributed by atoms with Gasteiger partial charge in [-0.05, 0) is 67.7 Å². The molecule has 0 saturated carbocycles. The first kappa shape index (κ1) is 22.0. The Morgan fingerprint density at radius 1 is 1.23 bits per heavy atom. The lowest BCUT2D eigenvalue weighted by Crippen LogP contribution is -2.39. The zero-order chi connectivity index (χ0) is 21.9. The van der Waals surface area contributed by atoms with Crippen LogP contribution in [0.5, 0.6) is 0 Å². The topological polar surface area (TPSA) is 78.6 Å². The highest BCUT2D eigenvalue weighted by atomic mass is 19.4. The number of aliphatic hydroxyl groups excluding tert-OH is 1. The van der Waals surface area contributed by atoms with E-state index in [1.807, 2.05) is 7.05 Å². The van der Waals surface area contributed by atoms with E-state index in [4.69, 9.17) is 0 Å². The average Bonchev–Trinajstić information content (AvgIpc) is 2.71. The van der Waals surface area contributed by atoms with Crippen LogP contribution in [0.4, 0.5) is 24.5 Å². The van der Waals surface area contributed by atoms with Gasteiger partial charge in [-0.1, -0.05) is 12.1 Å². The van der Waals surface area contributed by atoms with Crippen LogP contribution in [0, 0.1) is 16.0 Å². The second kappa shape index (κ2) is 9.01. The Morgan fingerprint density at radius 2 is 1.93 bits per heavy atom. The first-order valence-corrected chi connectivity index (χ1v) is 9.70. The number of piperidine rings is 1. The number of rotatable bonds is 6. The molecule has 0 spiro atoms. The Kier molecular flexibility index (Phi) is 6.62. The first-order chi connectivity index (χ1) is 14.2. The molecule has 2 N–H and O–H groups in total. The normalized spacial score (nSPS) is 20.2. The molecule has 1 aliphatic heterocycles. The fourth-order valence-corrected chi connectivity index (χ4v) is 4.09. The Hall–Kier alpha value is -2.65. The van der Waals surface area contributed by atoms with Crippen LogP contribution in [0.15, 0.2) is 42.5 Å². The molecule has 2 aromatic carbocycles. The van der Waals surface area contributed by atoms with Gasteiger partial charge in [0.2, 0.25) is 0 Å². The molecule has 1 saturated heterocycles. The molecule has 1 aliphatic rings. The van der Waals surface area contributed by atoms with E-state index in [-0.39, 0.29) is 24.3 Å². The number of nitro groups is 1. The van der Waals surface area contributed by atoms with E-state index in [1.54, 1.807) is 6.07 Å². The Balaban J connectivity index is 1.81. The third kappa shape index (κ3) is 4.91. The minimum atomic E-state index is -4.38. The van der Waals surface area contributed by atoms with Crippen molar-refractivity contribution in [2.45, 2.75) is 31.7 Å². The predicted octanol–water partition coefficient (Wildman–Crippen LogP) is 4.60. The molecule has 0 bridgehead atoms. The quantitative estimate of drug-likeness (QED) is 0.524. The van der Waals surface area contributed by atoms with Gasteiger partial charge in [-0.25, -0.2) is 0 Å². The van der Waals surface area contributed by atoms with Gasteiger partial charge in [0.05, 0.1) is 17.1 Å². The summed E-state index contributed by atoms with van der Waals surface area (Å²) >= 11 is 0. The van der Waals surface area contributed by atoms with E-state index in [0.29, 0.717) is 17.8 Å². The number of halogens is 3. The molecule has 0 radical (unpaired) electrons. The monoisotopic (exact) mass is 423 g/mol. The summed E-state index contributed by atoms with van der Waals surface area (Å²) in [5, 5.41) is 23.8. The number of alkyl halides is 3. The van der Waals surface area contributed by atoms with E-state index in [0.717, 1.165) is 37.1 Å². The molecule has 3 rings (SSSR count). The first-order valence-electron chi connectivity index (χ1n) is 9.70.